The summed E-state index contributed by atoms with van der Waals surface area (Å²) in [7, 11) is 0. The third-order valence-corrected chi connectivity index (χ3v) is 2.61. The van der Waals surface area contributed by atoms with E-state index in [0.29, 0.717) is 6.42 Å². The van der Waals surface area contributed by atoms with Gasteiger partial charge in [0.15, 0.2) is 0 Å². The molecule has 0 aliphatic carbocycles. The number of nitrogens with zero attached hydrogens (tertiary/aromatic N) is 1. The average Bonchev–Trinajstić information content (AvgIpc) is 2.35. The zero-order valence-electron chi connectivity index (χ0n) is 9.11. The number of nitriles is 1. The van der Waals surface area contributed by atoms with Crippen molar-refractivity contribution in [1.82, 2.24) is 5.32 Å². The lowest BCUT2D eigenvalue weighted by molar-refractivity contribution is 0.702. The summed E-state index contributed by atoms with van der Waals surface area (Å²) in [6.07, 6.45) is 0.560. The zero-order valence-corrected chi connectivity index (χ0v) is 9.11. The standard InChI is InChI=1S/C14H14N2/c15-9-4-10-16-11-13-7-3-6-12-5-1-2-8-14(12)13/h1-3,5-8,16H,4,10-11H2. The van der Waals surface area contributed by atoms with E-state index in [1.54, 1.807) is 0 Å². The first kappa shape index (κ1) is 10.7. The predicted octanol–water partition coefficient (Wildman–Crippen LogP) is 2.84. The van der Waals surface area contributed by atoms with Crippen LogP contribution in [0.25, 0.3) is 10.8 Å². The highest BCUT2D eigenvalue weighted by Crippen LogP contribution is 2.17. The molecule has 2 aromatic carbocycles. The second-order valence-electron chi connectivity index (χ2n) is 3.72. The highest BCUT2D eigenvalue weighted by Gasteiger charge is 1.98. The van der Waals surface area contributed by atoms with Crippen LogP contribution in [0.5, 0.6) is 0 Å². The molecule has 2 nitrogen and oxygen atoms in total. The monoisotopic (exact) mass is 210 g/mol. The molecule has 0 heterocycles. The molecular weight excluding hydrogens is 196 g/mol. The smallest absolute Gasteiger partial charge is 0.0635 e. The summed E-state index contributed by atoms with van der Waals surface area (Å²) in [6.45, 7) is 1.57. The molecule has 0 spiro atoms. The number of hydrogen-bond acceptors (Lipinski definition) is 2. The van der Waals surface area contributed by atoms with E-state index in [-0.39, 0.29) is 0 Å². The molecule has 0 radical (unpaired) electrons. The second-order valence-corrected chi connectivity index (χ2v) is 3.72. The van der Waals surface area contributed by atoms with Crippen molar-refractivity contribution in [3.05, 3.63) is 48.0 Å². The lowest BCUT2D eigenvalue weighted by Crippen LogP contribution is -2.14. The van der Waals surface area contributed by atoms with Crippen LogP contribution in [0.3, 0.4) is 0 Å². The third-order valence-electron chi connectivity index (χ3n) is 2.61. The first-order chi connectivity index (χ1) is 7.92. The van der Waals surface area contributed by atoms with Gasteiger partial charge in [0.25, 0.3) is 0 Å². The van der Waals surface area contributed by atoms with Crippen LogP contribution in [-0.2, 0) is 6.54 Å². The van der Waals surface area contributed by atoms with Gasteiger partial charge in [0.2, 0.25) is 0 Å². The minimum absolute atomic E-state index is 0.560. The lowest BCUT2D eigenvalue weighted by Gasteiger charge is -2.06. The maximum absolute atomic E-state index is 8.45. The van der Waals surface area contributed by atoms with Gasteiger partial charge in [-0.2, -0.15) is 5.26 Å². The molecule has 0 amide bonds. The number of benzene rings is 2. The minimum Gasteiger partial charge on any atom is -0.312 e. The normalized spacial score (nSPS) is 10.2. The molecule has 1 N–H and O–H groups in total. The Labute approximate surface area is 95.5 Å². The van der Waals surface area contributed by atoms with Crippen LogP contribution in [0.15, 0.2) is 42.5 Å². The van der Waals surface area contributed by atoms with E-state index in [1.807, 2.05) is 0 Å². The molecule has 0 unspecified atom stereocenters. The molecule has 0 aliphatic heterocycles. The van der Waals surface area contributed by atoms with E-state index in [9.17, 15) is 0 Å². The Kier molecular flexibility index (Phi) is 3.53. The first-order valence-corrected chi connectivity index (χ1v) is 5.46. The number of nitrogens with one attached hydrogen (secondary N) is 1. The quantitative estimate of drug-likeness (QED) is 0.788. The molecule has 0 atom stereocenters. The Balaban J connectivity index is 2.15. The highest BCUT2D eigenvalue weighted by molar-refractivity contribution is 5.85. The second kappa shape index (κ2) is 5.29. The van der Waals surface area contributed by atoms with E-state index < -0.39 is 0 Å². The van der Waals surface area contributed by atoms with Crippen LogP contribution in [0.1, 0.15) is 12.0 Å². The molecule has 16 heavy (non-hydrogen) atoms. The Hall–Kier alpha value is -1.85. The van der Waals surface area contributed by atoms with Crippen LogP contribution in [0, 0.1) is 11.3 Å². The van der Waals surface area contributed by atoms with Gasteiger partial charge in [-0.25, -0.2) is 0 Å². The van der Waals surface area contributed by atoms with Crippen molar-refractivity contribution in [3.63, 3.8) is 0 Å². The van der Waals surface area contributed by atoms with Crippen LogP contribution >= 0.6 is 0 Å². The summed E-state index contributed by atoms with van der Waals surface area (Å²) < 4.78 is 0. The van der Waals surface area contributed by atoms with Gasteiger partial charge in [-0.05, 0) is 16.3 Å². The van der Waals surface area contributed by atoms with E-state index in [4.69, 9.17) is 5.26 Å². The Bertz CT molecular complexity index is 506. The summed E-state index contributed by atoms with van der Waals surface area (Å²) in [4.78, 5) is 0. The molecule has 0 fully saturated rings. The van der Waals surface area contributed by atoms with E-state index in [1.165, 1.54) is 16.3 Å². The zero-order chi connectivity index (χ0) is 11.2. The predicted molar refractivity (Wildman–Crippen MR) is 65.9 cm³/mol. The largest absolute Gasteiger partial charge is 0.312 e. The first-order valence-electron chi connectivity index (χ1n) is 5.46. The topological polar surface area (TPSA) is 35.8 Å². The maximum Gasteiger partial charge on any atom is 0.0635 e. The summed E-state index contributed by atoms with van der Waals surface area (Å²) in [5.74, 6) is 0. The molecule has 0 aliphatic rings. The average molecular weight is 210 g/mol. The van der Waals surface area contributed by atoms with Gasteiger partial charge >= 0.3 is 0 Å². The van der Waals surface area contributed by atoms with Crippen molar-refractivity contribution in [2.75, 3.05) is 6.54 Å². The molecule has 0 bridgehead atoms. The van der Waals surface area contributed by atoms with Crippen molar-refractivity contribution < 1.29 is 0 Å². The van der Waals surface area contributed by atoms with Crippen LogP contribution < -0.4 is 5.32 Å². The lowest BCUT2D eigenvalue weighted by atomic mass is 10.0. The molecule has 2 aromatic rings. The Morgan fingerprint density at radius 2 is 1.88 bits per heavy atom. The van der Waals surface area contributed by atoms with E-state index >= 15 is 0 Å². The summed E-state index contributed by atoms with van der Waals surface area (Å²) in [5, 5.41) is 14.3. The van der Waals surface area contributed by atoms with E-state index in [2.05, 4.69) is 53.9 Å². The fourth-order valence-corrected chi connectivity index (χ4v) is 1.81. The fourth-order valence-electron chi connectivity index (χ4n) is 1.81. The minimum atomic E-state index is 0.560. The van der Waals surface area contributed by atoms with Gasteiger partial charge < -0.3 is 5.32 Å². The summed E-state index contributed by atoms with van der Waals surface area (Å²) in [6, 6.07) is 16.8. The molecule has 80 valence electrons. The van der Waals surface area contributed by atoms with Crippen molar-refractivity contribution in [3.8, 4) is 6.07 Å². The molecule has 0 aromatic heterocycles. The van der Waals surface area contributed by atoms with Gasteiger partial charge in [-0.3, -0.25) is 0 Å². The van der Waals surface area contributed by atoms with Gasteiger partial charge in [-0.15, -0.1) is 0 Å². The fraction of sp³-hybridized carbons (Fsp3) is 0.214. The number of fused-ring (bicyclic) bond motifs is 1. The summed E-state index contributed by atoms with van der Waals surface area (Å²) in [5.41, 5.74) is 1.29. The third kappa shape index (κ3) is 2.39. The molecule has 0 saturated carbocycles. The Morgan fingerprint density at radius 1 is 1.06 bits per heavy atom. The molecule has 2 rings (SSSR count). The van der Waals surface area contributed by atoms with Crippen molar-refractivity contribution >= 4 is 10.8 Å². The molecule has 2 heteroatoms. The summed E-state index contributed by atoms with van der Waals surface area (Å²) >= 11 is 0. The van der Waals surface area contributed by atoms with Crippen molar-refractivity contribution in [2.45, 2.75) is 13.0 Å². The van der Waals surface area contributed by atoms with E-state index in [0.717, 1.165) is 13.1 Å². The molecular formula is C14H14N2. The highest BCUT2D eigenvalue weighted by atomic mass is 14.8. The van der Waals surface area contributed by atoms with Gasteiger partial charge in [0, 0.05) is 19.5 Å². The van der Waals surface area contributed by atoms with Gasteiger partial charge in [0.1, 0.15) is 0 Å². The molecule has 0 saturated heterocycles. The maximum atomic E-state index is 8.45. The SMILES string of the molecule is N#CCCNCc1cccc2ccccc12. The van der Waals surface area contributed by atoms with Crippen molar-refractivity contribution in [2.24, 2.45) is 0 Å². The van der Waals surface area contributed by atoms with Gasteiger partial charge in [-0.1, -0.05) is 42.5 Å². The van der Waals surface area contributed by atoms with Crippen LogP contribution in [0.4, 0.5) is 0 Å². The van der Waals surface area contributed by atoms with Crippen molar-refractivity contribution in [1.29, 1.82) is 5.26 Å². The van der Waals surface area contributed by atoms with Crippen LogP contribution in [-0.4, -0.2) is 6.54 Å². The Morgan fingerprint density at radius 3 is 2.75 bits per heavy atom. The number of hydrogen-bond donors (Lipinski definition) is 1. The number of rotatable bonds is 4. The van der Waals surface area contributed by atoms with Crippen LogP contribution in [0.2, 0.25) is 0 Å². The van der Waals surface area contributed by atoms with Gasteiger partial charge in [0.05, 0.1) is 6.07 Å².